The maximum atomic E-state index is 13.8. The lowest BCUT2D eigenvalue weighted by atomic mass is 9.82. The van der Waals surface area contributed by atoms with Crippen molar-refractivity contribution >= 4 is 27.7 Å². The van der Waals surface area contributed by atoms with Gasteiger partial charge in [-0.3, -0.25) is 14.5 Å². The zero-order valence-electron chi connectivity index (χ0n) is 18.8. The quantitative estimate of drug-likeness (QED) is 0.561. The van der Waals surface area contributed by atoms with Crippen LogP contribution < -0.4 is 5.32 Å². The maximum Gasteiger partial charge on any atom is 0.326 e. The average Bonchev–Trinajstić information content (AvgIpc) is 3.32. The number of nitrogens with zero attached hydrogens (tertiary/aromatic N) is 2. The van der Waals surface area contributed by atoms with Gasteiger partial charge < -0.3 is 15.0 Å². The van der Waals surface area contributed by atoms with Gasteiger partial charge >= 0.3 is 6.03 Å². The molecule has 10 heteroatoms. The Kier molecular flexibility index (Phi) is 6.72. The molecule has 0 radical (unpaired) electrons. The molecule has 9 nitrogen and oxygen atoms in total. The third kappa shape index (κ3) is 4.43. The van der Waals surface area contributed by atoms with E-state index in [1.165, 1.54) is 12.0 Å². The van der Waals surface area contributed by atoms with Crippen LogP contribution in [0.15, 0.2) is 60.7 Å². The van der Waals surface area contributed by atoms with E-state index in [0.29, 0.717) is 17.5 Å². The van der Waals surface area contributed by atoms with Crippen molar-refractivity contribution in [3.05, 3.63) is 71.8 Å². The lowest BCUT2D eigenvalue weighted by Gasteiger charge is -2.30. The summed E-state index contributed by atoms with van der Waals surface area (Å²) in [7, 11) is -1.75. The number of nitrogens with one attached hydrogen (secondary N) is 1. The number of imide groups is 1. The van der Waals surface area contributed by atoms with Crippen molar-refractivity contribution in [1.29, 1.82) is 0 Å². The molecule has 1 unspecified atom stereocenters. The fourth-order valence-electron chi connectivity index (χ4n) is 4.60. The van der Waals surface area contributed by atoms with Gasteiger partial charge in [0.2, 0.25) is 5.91 Å². The first-order valence-corrected chi connectivity index (χ1v) is 12.8. The molecule has 1 atom stereocenters. The molecule has 2 saturated heterocycles. The number of carbonyl (C=O) groups excluding carboxylic acids is 3. The lowest BCUT2D eigenvalue weighted by molar-refractivity contribution is -0.140. The van der Waals surface area contributed by atoms with E-state index in [9.17, 15) is 22.8 Å². The SMILES string of the molecule is COCCN(C(=O)CN1C(=O)NC(c2ccccc2)(c2ccccc2)C1=O)C1CCS(=O)(=O)C1. The molecule has 0 bridgehead atoms. The molecule has 0 spiro atoms. The van der Waals surface area contributed by atoms with E-state index < -0.39 is 45.8 Å². The predicted molar refractivity (Wildman–Crippen MR) is 125 cm³/mol. The molecular formula is C24H27N3O6S. The van der Waals surface area contributed by atoms with Gasteiger partial charge in [-0.05, 0) is 17.5 Å². The Bertz CT molecular complexity index is 1130. The first-order chi connectivity index (χ1) is 16.3. The van der Waals surface area contributed by atoms with Crippen LogP contribution in [0.5, 0.6) is 0 Å². The van der Waals surface area contributed by atoms with Crippen molar-refractivity contribution in [2.75, 3.05) is 38.3 Å². The monoisotopic (exact) mass is 485 g/mol. The number of hydrogen-bond donors (Lipinski definition) is 1. The van der Waals surface area contributed by atoms with Crippen LogP contribution in [0, 0.1) is 0 Å². The summed E-state index contributed by atoms with van der Waals surface area (Å²) in [4.78, 5) is 42.4. The van der Waals surface area contributed by atoms with Crippen molar-refractivity contribution in [3.63, 3.8) is 0 Å². The van der Waals surface area contributed by atoms with Crippen LogP contribution in [-0.2, 0) is 29.7 Å². The maximum absolute atomic E-state index is 13.8. The molecule has 4 amide bonds. The number of methoxy groups -OCH3 is 1. The Hall–Kier alpha value is -3.24. The van der Waals surface area contributed by atoms with E-state index in [1.54, 1.807) is 48.5 Å². The van der Waals surface area contributed by atoms with Gasteiger partial charge in [0.1, 0.15) is 6.54 Å². The van der Waals surface area contributed by atoms with Gasteiger partial charge in [-0.15, -0.1) is 0 Å². The summed E-state index contributed by atoms with van der Waals surface area (Å²) in [6.45, 7) is -0.117. The third-order valence-corrected chi connectivity index (χ3v) is 8.07. The van der Waals surface area contributed by atoms with Gasteiger partial charge in [-0.1, -0.05) is 60.7 Å². The molecule has 1 N–H and O–H groups in total. The molecule has 2 aromatic rings. The second-order valence-corrected chi connectivity index (χ2v) is 10.7. The second-order valence-electron chi connectivity index (χ2n) is 8.44. The fourth-order valence-corrected chi connectivity index (χ4v) is 6.33. The fraction of sp³-hybridized carbons (Fsp3) is 0.375. The van der Waals surface area contributed by atoms with Crippen molar-refractivity contribution < 1.29 is 27.5 Å². The smallest absolute Gasteiger partial charge is 0.326 e. The molecule has 0 aromatic heterocycles. The normalized spacial score (nSPS) is 20.9. The van der Waals surface area contributed by atoms with Crippen molar-refractivity contribution in [2.45, 2.75) is 18.0 Å². The highest BCUT2D eigenvalue weighted by Crippen LogP contribution is 2.36. The largest absolute Gasteiger partial charge is 0.383 e. The number of sulfone groups is 1. The standard InChI is InChI=1S/C24H27N3O6S/c1-33-14-13-26(20-12-15-34(31,32)17-20)21(28)16-27-22(29)24(25-23(27)30,18-8-4-2-5-9-18)19-10-6-3-7-11-19/h2-11,20H,12-17H2,1H3,(H,25,30). The van der Waals surface area contributed by atoms with E-state index in [-0.39, 0.29) is 24.7 Å². The van der Waals surface area contributed by atoms with Gasteiger partial charge in [-0.2, -0.15) is 0 Å². The Morgan fingerprint density at radius 1 is 1.09 bits per heavy atom. The molecule has 2 aromatic carbocycles. The first-order valence-electron chi connectivity index (χ1n) is 11.0. The van der Waals surface area contributed by atoms with Gasteiger partial charge in [0, 0.05) is 19.7 Å². The van der Waals surface area contributed by atoms with Crippen LogP contribution in [-0.4, -0.2) is 80.4 Å². The number of hydrogen-bond acceptors (Lipinski definition) is 6. The van der Waals surface area contributed by atoms with E-state index in [1.807, 2.05) is 12.1 Å². The van der Waals surface area contributed by atoms with E-state index >= 15 is 0 Å². The van der Waals surface area contributed by atoms with E-state index in [2.05, 4.69) is 5.32 Å². The molecular weight excluding hydrogens is 458 g/mol. The van der Waals surface area contributed by atoms with Crippen molar-refractivity contribution in [3.8, 4) is 0 Å². The zero-order chi connectivity index (χ0) is 24.3. The minimum atomic E-state index is -3.23. The average molecular weight is 486 g/mol. The molecule has 180 valence electrons. The second kappa shape index (κ2) is 9.55. The first kappa shape index (κ1) is 23.9. The molecule has 4 rings (SSSR count). The van der Waals surface area contributed by atoms with E-state index in [4.69, 9.17) is 4.74 Å². The summed E-state index contributed by atoms with van der Waals surface area (Å²) in [6, 6.07) is 16.6. The summed E-state index contributed by atoms with van der Waals surface area (Å²) >= 11 is 0. The van der Waals surface area contributed by atoms with Crippen LogP contribution >= 0.6 is 0 Å². The predicted octanol–water partition coefficient (Wildman–Crippen LogP) is 1.14. The summed E-state index contributed by atoms with van der Waals surface area (Å²) in [5.74, 6) is -1.20. The Labute approximate surface area is 198 Å². The molecule has 34 heavy (non-hydrogen) atoms. The van der Waals surface area contributed by atoms with E-state index in [0.717, 1.165) is 4.90 Å². The molecule has 0 aliphatic carbocycles. The molecule has 2 aliphatic rings. The third-order valence-electron chi connectivity index (χ3n) is 6.32. The van der Waals surface area contributed by atoms with Crippen molar-refractivity contribution in [1.82, 2.24) is 15.1 Å². The number of benzene rings is 2. The van der Waals surface area contributed by atoms with Gasteiger partial charge in [0.05, 0.1) is 18.1 Å². The van der Waals surface area contributed by atoms with Crippen LogP contribution in [0.4, 0.5) is 4.79 Å². The Morgan fingerprint density at radius 3 is 2.18 bits per heavy atom. The zero-order valence-corrected chi connectivity index (χ0v) is 19.7. The highest BCUT2D eigenvalue weighted by atomic mass is 32.2. The number of amides is 4. The van der Waals surface area contributed by atoms with Crippen molar-refractivity contribution in [2.24, 2.45) is 0 Å². The summed E-state index contributed by atoms with van der Waals surface area (Å²) in [5, 5.41) is 2.82. The van der Waals surface area contributed by atoms with Crippen LogP contribution in [0.3, 0.4) is 0 Å². The number of rotatable bonds is 8. The highest BCUT2D eigenvalue weighted by molar-refractivity contribution is 7.91. The topological polar surface area (TPSA) is 113 Å². The van der Waals surface area contributed by atoms with Crippen LogP contribution in [0.25, 0.3) is 0 Å². The summed E-state index contributed by atoms with van der Waals surface area (Å²) in [5.41, 5.74) is -0.311. The number of urea groups is 1. The van der Waals surface area contributed by atoms with Gasteiger partial charge in [0.25, 0.3) is 5.91 Å². The number of carbonyl (C=O) groups is 3. The lowest BCUT2D eigenvalue weighted by Crippen LogP contribution is -2.49. The Balaban J connectivity index is 1.64. The minimum Gasteiger partial charge on any atom is -0.383 e. The van der Waals surface area contributed by atoms with Gasteiger partial charge in [-0.25, -0.2) is 13.2 Å². The molecule has 2 heterocycles. The van der Waals surface area contributed by atoms with Gasteiger partial charge in [0.15, 0.2) is 15.4 Å². The molecule has 2 aliphatic heterocycles. The minimum absolute atomic E-state index is 0.00266. The Morgan fingerprint density at radius 2 is 1.68 bits per heavy atom. The summed E-state index contributed by atoms with van der Waals surface area (Å²) in [6.07, 6.45) is 0.315. The molecule has 2 fully saturated rings. The van der Waals surface area contributed by atoms with Crippen LogP contribution in [0.2, 0.25) is 0 Å². The van der Waals surface area contributed by atoms with Crippen LogP contribution in [0.1, 0.15) is 17.5 Å². The highest BCUT2D eigenvalue weighted by Gasteiger charge is 2.54. The summed E-state index contributed by atoms with van der Waals surface area (Å²) < 4.78 is 29.1. The number of ether oxygens (including phenoxy) is 1. The molecule has 0 saturated carbocycles.